The summed E-state index contributed by atoms with van der Waals surface area (Å²) in [6.07, 6.45) is -1.32. The van der Waals surface area contributed by atoms with Gasteiger partial charge < -0.3 is 10.6 Å². The lowest BCUT2D eigenvalue weighted by Crippen LogP contribution is -2.45. The molecule has 2 aromatic rings. The molecule has 0 radical (unpaired) electrons. The average molecular weight is 382 g/mol. The molecule has 0 unspecified atom stereocenters. The van der Waals surface area contributed by atoms with Crippen LogP contribution >= 0.6 is 12.2 Å². The first-order valence-electron chi connectivity index (χ1n) is 8.32. The second-order valence-electron chi connectivity index (χ2n) is 6.43. The smallest absolute Gasteiger partial charge is 0.353 e. The Bertz CT molecular complexity index is 798. The van der Waals surface area contributed by atoms with Gasteiger partial charge in [0.25, 0.3) is 0 Å². The third kappa shape index (κ3) is 3.98. The molecule has 0 heterocycles. The number of nitrogens with one attached hydrogen (secondary N) is 2. The minimum absolute atomic E-state index is 0.189. The van der Waals surface area contributed by atoms with Gasteiger partial charge in [-0.15, -0.1) is 0 Å². The van der Waals surface area contributed by atoms with Crippen LogP contribution in [0, 0.1) is 5.82 Å². The van der Waals surface area contributed by atoms with Crippen LogP contribution in [0.15, 0.2) is 48.5 Å². The van der Waals surface area contributed by atoms with Crippen LogP contribution in [0.5, 0.6) is 0 Å². The van der Waals surface area contributed by atoms with Gasteiger partial charge >= 0.3 is 6.18 Å². The summed E-state index contributed by atoms with van der Waals surface area (Å²) in [5.41, 5.74) is -0.600. The van der Waals surface area contributed by atoms with Gasteiger partial charge in [-0.25, -0.2) is 4.39 Å². The maximum atomic E-state index is 13.8. The number of thiocarbonyl (C=S) groups is 1. The Balaban J connectivity index is 1.85. The van der Waals surface area contributed by atoms with Gasteiger partial charge in [-0.1, -0.05) is 37.1 Å². The van der Waals surface area contributed by atoms with Crippen molar-refractivity contribution in [1.29, 1.82) is 0 Å². The van der Waals surface area contributed by atoms with Crippen LogP contribution in [0.2, 0.25) is 0 Å². The second-order valence-corrected chi connectivity index (χ2v) is 6.83. The summed E-state index contributed by atoms with van der Waals surface area (Å²) in [7, 11) is 0. The zero-order chi connectivity index (χ0) is 18.8. The largest absolute Gasteiger partial charge is 0.416 e. The molecule has 0 bridgehead atoms. The number of alkyl halides is 3. The van der Waals surface area contributed by atoms with Gasteiger partial charge in [-0.3, -0.25) is 0 Å². The number of para-hydroxylation sites is 1. The van der Waals surface area contributed by atoms with Crippen molar-refractivity contribution in [3.63, 3.8) is 0 Å². The minimum atomic E-state index is -4.40. The molecule has 1 saturated carbocycles. The van der Waals surface area contributed by atoms with Crippen molar-refractivity contribution >= 4 is 23.0 Å². The maximum absolute atomic E-state index is 13.8. The van der Waals surface area contributed by atoms with Crippen LogP contribution in [0.4, 0.5) is 23.2 Å². The van der Waals surface area contributed by atoms with Crippen LogP contribution < -0.4 is 10.6 Å². The molecule has 2 nitrogen and oxygen atoms in total. The first-order chi connectivity index (χ1) is 12.3. The number of rotatable bonds is 3. The SMILES string of the molecule is Fc1ccccc1NC(=S)NC1(c2cccc(C(F)(F)F)c2)CCCC1. The molecular formula is C19H18F4N2S. The van der Waals surface area contributed by atoms with E-state index in [4.69, 9.17) is 12.2 Å². The number of hydrogen-bond donors (Lipinski definition) is 2. The van der Waals surface area contributed by atoms with Gasteiger partial charge in [-0.2, -0.15) is 13.2 Å². The minimum Gasteiger partial charge on any atom is -0.353 e. The highest BCUT2D eigenvalue weighted by molar-refractivity contribution is 7.80. The summed E-state index contributed by atoms with van der Waals surface area (Å²) in [5, 5.41) is 6.14. The van der Waals surface area contributed by atoms with Gasteiger partial charge in [0.2, 0.25) is 0 Å². The molecule has 3 rings (SSSR count). The summed E-state index contributed by atoms with van der Waals surface area (Å²) >= 11 is 5.30. The van der Waals surface area contributed by atoms with Crippen molar-refractivity contribution in [2.75, 3.05) is 5.32 Å². The van der Waals surface area contributed by atoms with Crippen LogP contribution in [0.1, 0.15) is 36.8 Å². The molecule has 7 heteroatoms. The molecule has 1 fully saturated rings. The van der Waals surface area contributed by atoms with E-state index < -0.39 is 23.1 Å². The Hall–Kier alpha value is -2.15. The van der Waals surface area contributed by atoms with E-state index in [9.17, 15) is 17.6 Å². The van der Waals surface area contributed by atoms with E-state index in [1.165, 1.54) is 18.2 Å². The molecule has 0 aliphatic heterocycles. The molecule has 0 spiro atoms. The Labute approximate surface area is 154 Å². The molecule has 0 saturated heterocycles. The summed E-state index contributed by atoms with van der Waals surface area (Å²) in [6.45, 7) is 0. The lowest BCUT2D eigenvalue weighted by atomic mass is 9.87. The monoisotopic (exact) mass is 382 g/mol. The highest BCUT2D eigenvalue weighted by Crippen LogP contribution is 2.41. The van der Waals surface area contributed by atoms with Gasteiger partial charge in [0.1, 0.15) is 5.82 Å². The highest BCUT2D eigenvalue weighted by atomic mass is 32.1. The van der Waals surface area contributed by atoms with Crippen LogP contribution in [-0.2, 0) is 11.7 Å². The summed E-state index contributed by atoms with van der Waals surface area (Å²) < 4.78 is 53.0. The van der Waals surface area contributed by atoms with Crippen molar-refractivity contribution < 1.29 is 17.6 Å². The van der Waals surface area contributed by atoms with Crippen molar-refractivity contribution in [3.05, 3.63) is 65.5 Å². The van der Waals surface area contributed by atoms with E-state index in [2.05, 4.69) is 10.6 Å². The number of anilines is 1. The number of hydrogen-bond acceptors (Lipinski definition) is 1. The molecule has 2 N–H and O–H groups in total. The quantitative estimate of drug-likeness (QED) is 0.534. The molecule has 0 amide bonds. The Morgan fingerprint density at radius 1 is 1.00 bits per heavy atom. The van der Waals surface area contributed by atoms with E-state index >= 15 is 0 Å². The topological polar surface area (TPSA) is 24.1 Å². The molecule has 138 valence electrons. The zero-order valence-electron chi connectivity index (χ0n) is 13.9. The van der Waals surface area contributed by atoms with E-state index in [1.54, 1.807) is 24.3 Å². The Morgan fingerprint density at radius 3 is 2.35 bits per heavy atom. The maximum Gasteiger partial charge on any atom is 0.416 e. The molecular weight excluding hydrogens is 364 g/mol. The van der Waals surface area contributed by atoms with Gasteiger partial charge in [0, 0.05) is 0 Å². The second kappa shape index (κ2) is 7.23. The first kappa shape index (κ1) is 18.6. The van der Waals surface area contributed by atoms with Crippen molar-refractivity contribution in [3.8, 4) is 0 Å². The van der Waals surface area contributed by atoms with Crippen LogP contribution in [-0.4, -0.2) is 5.11 Å². The fourth-order valence-corrected chi connectivity index (χ4v) is 3.70. The van der Waals surface area contributed by atoms with Crippen LogP contribution in [0.25, 0.3) is 0 Å². The predicted octanol–water partition coefficient (Wildman–Crippen LogP) is 5.60. The summed E-state index contributed by atoms with van der Waals surface area (Å²) in [6, 6.07) is 11.4. The predicted molar refractivity (Wildman–Crippen MR) is 97.3 cm³/mol. The standard InChI is InChI=1S/C19H18F4N2S/c20-15-8-1-2-9-16(15)24-17(26)25-18(10-3-4-11-18)13-6-5-7-14(12-13)19(21,22)23/h1-2,5-9,12H,3-4,10-11H2,(H2,24,25,26). The van der Waals surface area contributed by atoms with Crippen LogP contribution in [0.3, 0.4) is 0 Å². The van der Waals surface area contributed by atoms with E-state index in [1.807, 2.05) is 0 Å². The average Bonchev–Trinajstić information content (AvgIpc) is 3.06. The molecule has 1 aliphatic rings. The first-order valence-corrected chi connectivity index (χ1v) is 8.72. The zero-order valence-corrected chi connectivity index (χ0v) is 14.7. The van der Waals surface area contributed by atoms with Gasteiger partial charge in [0.15, 0.2) is 5.11 Å². The Morgan fingerprint density at radius 2 is 1.69 bits per heavy atom. The van der Waals surface area contributed by atoms with Gasteiger partial charge in [-0.05, 0) is 54.9 Å². The normalized spacial score (nSPS) is 16.3. The third-order valence-electron chi connectivity index (χ3n) is 4.67. The van der Waals surface area contributed by atoms with Crippen molar-refractivity contribution in [2.24, 2.45) is 0 Å². The third-order valence-corrected chi connectivity index (χ3v) is 4.88. The van der Waals surface area contributed by atoms with Crippen molar-refractivity contribution in [2.45, 2.75) is 37.4 Å². The number of benzene rings is 2. The summed E-state index contributed by atoms with van der Waals surface area (Å²) in [5.74, 6) is -0.448. The van der Waals surface area contributed by atoms with Crippen molar-refractivity contribution in [1.82, 2.24) is 5.32 Å². The fourth-order valence-electron chi connectivity index (χ4n) is 3.39. The Kier molecular flexibility index (Phi) is 5.18. The summed E-state index contributed by atoms with van der Waals surface area (Å²) in [4.78, 5) is 0. The molecule has 0 atom stereocenters. The molecule has 26 heavy (non-hydrogen) atoms. The highest BCUT2D eigenvalue weighted by Gasteiger charge is 2.38. The number of halogens is 4. The molecule has 2 aromatic carbocycles. The lowest BCUT2D eigenvalue weighted by molar-refractivity contribution is -0.137. The van der Waals surface area contributed by atoms with E-state index in [0.29, 0.717) is 18.4 Å². The molecule has 0 aromatic heterocycles. The fraction of sp³-hybridized carbons (Fsp3) is 0.316. The van der Waals surface area contributed by atoms with Gasteiger partial charge in [0.05, 0.1) is 16.8 Å². The van der Waals surface area contributed by atoms with E-state index in [0.717, 1.165) is 18.9 Å². The van der Waals surface area contributed by atoms with E-state index in [-0.39, 0.29) is 10.8 Å². The molecule has 1 aliphatic carbocycles. The lowest BCUT2D eigenvalue weighted by Gasteiger charge is -2.33.